The lowest BCUT2D eigenvalue weighted by atomic mass is 10.1. The van der Waals surface area contributed by atoms with Crippen LogP contribution < -0.4 is 10.1 Å². The Morgan fingerprint density at radius 2 is 1.96 bits per heavy atom. The van der Waals surface area contributed by atoms with Crippen LogP contribution in [0.5, 0.6) is 5.75 Å². The van der Waals surface area contributed by atoms with E-state index in [1.54, 1.807) is 24.1 Å². The molecule has 2 heterocycles. The summed E-state index contributed by atoms with van der Waals surface area (Å²) in [4.78, 5) is 17.9. The molecule has 2 aromatic heterocycles. The highest BCUT2D eigenvalue weighted by Gasteiger charge is 2.15. The van der Waals surface area contributed by atoms with Crippen molar-refractivity contribution in [2.45, 2.75) is 26.8 Å². The van der Waals surface area contributed by atoms with E-state index in [0.29, 0.717) is 10.8 Å². The molecule has 1 amide bonds. The molecule has 1 aromatic carbocycles. The van der Waals surface area contributed by atoms with Crippen molar-refractivity contribution in [3.05, 3.63) is 47.1 Å². The van der Waals surface area contributed by atoms with Gasteiger partial charge in [-0.15, -0.1) is 11.3 Å². The second kappa shape index (κ2) is 7.06. The fourth-order valence-electron chi connectivity index (χ4n) is 2.37. The van der Waals surface area contributed by atoms with Gasteiger partial charge >= 0.3 is 0 Å². The Kier molecular flexibility index (Phi) is 4.85. The van der Waals surface area contributed by atoms with Gasteiger partial charge in [0.1, 0.15) is 5.75 Å². The van der Waals surface area contributed by atoms with Crippen LogP contribution in [0.4, 0.5) is 5.13 Å². The number of thiazole rings is 1. The van der Waals surface area contributed by atoms with Crippen molar-refractivity contribution in [2.75, 3.05) is 12.4 Å². The molecule has 0 atom stereocenters. The maximum Gasteiger partial charge on any atom is 0.277 e. The van der Waals surface area contributed by atoms with Gasteiger partial charge in [-0.3, -0.25) is 14.8 Å². The highest BCUT2D eigenvalue weighted by atomic mass is 32.1. The number of ether oxygens (including phenoxy) is 1. The monoisotopic (exact) mass is 356 g/mol. The van der Waals surface area contributed by atoms with Crippen LogP contribution in [0.1, 0.15) is 35.3 Å². The third-order valence-electron chi connectivity index (χ3n) is 3.75. The number of aromatic nitrogens is 3. The number of benzene rings is 1. The molecular formula is C18H20N4O2S. The average molecular weight is 356 g/mol. The Morgan fingerprint density at radius 1 is 1.24 bits per heavy atom. The number of anilines is 1. The molecule has 6 nitrogen and oxygen atoms in total. The molecule has 0 saturated heterocycles. The van der Waals surface area contributed by atoms with Crippen LogP contribution in [0.15, 0.2) is 36.5 Å². The second-order valence-corrected chi connectivity index (χ2v) is 7.08. The molecule has 0 unspecified atom stereocenters. The molecule has 7 heteroatoms. The summed E-state index contributed by atoms with van der Waals surface area (Å²) in [6.45, 7) is 6.01. The fraction of sp³-hybridized carbons (Fsp3) is 0.278. The van der Waals surface area contributed by atoms with E-state index >= 15 is 0 Å². The van der Waals surface area contributed by atoms with E-state index < -0.39 is 0 Å². The van der Waals surface area contributed by atoms with E-state index in [4.69, 9.17) is 4.74 Å². The van der Waals surface area contributed by atoms with E-state index in [0.717, 1.165) is 21.9 Å². The summed E-state index contributed by atoms with van der Waals surface area (Å²) in [6, 6.07) is 9.62. The van der Waals surface area contributed by atoms with Crippen molar-refractivity contribution >= 4 is 22.4 Å². The molecule has 0 aliphatic rings. The van der Waals surface area contributed by atoms with Crippen molar-refractivity contribution in [1.29, 1.82) is 0 Å². The number of carbonyl (C=O) groups excluding carboxylic acids is 1. The van der Waals surface area contributed by atoms with Gasteiger partial charge in [0.05, 0.1) is 12.8 Å². The molecule has 130 valence electrons. The number of carbonyl (C=O) groups is 1. The van der Waals surface area contributed by atoms with Gasteiger partial charge in [0.2, 0.25) is 0 Å². The van der Waals surface area contributed by atoms with Crippen LogP contribution in [-0.2, 0) is 0 Å². The minimum atomic E-state index is -0.255. The number of nitrogens with one attached hydrogen (secondary N) is 1. The Hall–Kier alpha value is -2.67. The Bertz CT molecular complexity index is 881. The molecule has 1 N–H and O–H groups in total. The van der Waals surface area contributed by atoms with E-state index in [9.17, 15) is 4.79 Å². The maximum absolute atomic E-state index is 12.4. The van der Waals surface area contributed by atoms with Crippen LogP contribution in [0.3, 0.4) is 0 Å². The zero-order valence-corrected chi connectivity index (χ0v) is 15.4. The summed E-state index contributed by atoms with van der Waals surface area (Å²) >= 11 is 1.45. The summed E-state index contributed by atoms with van der Waals surface area (Å²) in [5.74, 6) is 0.542. The molecular weight excluding hydrogens is 336 g/mol. The lowest BCUT2D eigenvalue weighted by molar-refractivity contribution is 0.102. The third kappa shape index (κ3) is 3.71. The lowest BCUT2D eigenvalue weighted by Gasteiger charge is -2.03. The number of hydrogen-bond donors (Lipinski definition) is 1. The number of hydrogen-bond acceptors (Lipinski definition) is 5. The predicted molar refractivity (Wildman–Crippen MR) is 99.4 cm³/mol. The van der Waals surface area contributed by atoms with Gasteiger partial charge in [-0.2, -0.15) is 5.10 Å². The van der Waals surface area contributed by atoms with Crippen LogP contribution in [0, 0.1) is 6.92 Å². The van der Waals surface area contributed by atoms with Gasteiger partial charge in [0.15, 0.2) is 10.8 Å². The first-order chi connectivity index (χ1) is 12.0. The zero-order chi connectivity index (χ0) is 18.0. The first-order valence-corrected chi connectivity index (χ1v) is 8.78. The minimum Gasteiger partial charge on any atom is -0.497 e. The molecule has 0 fully saturated rings. The highest BCUT2D eigenvalue weighted by Crippen LogP contribution is 2.31. The van der Waals surface area contributed by atoms with E-state index in [1.807, 2.05) is 45.0 Å². The molecule has 3 rings (SSSR count). The summed E-state index contributed by atoms with van der Waals surface area (Å²) in [5, 5.41) is 7.67. The van der Waals surface area contributed by atoms with Gasteiger partial charge < -0.3 is 4.74 Å². The van der Waals surface area contributed by atoms with Crippen molar-refractivity contribution in [3.63, 3.8) is 0 Å². The first kappa shape index (κ1) is 17.2. The van der Waals surface area contributed by atoms with E-state index in [1.165, 1.54) is 11.3 Å². The number of rotatable bonds is 5. The summed E-state index contributed by atoms with van der Waals surface area (Å²) in [5.41, 5.74) is 2.22. The van der Waals surface area contributed by atoms with Crippen molar-refractivity contribution in [3.8, 4) is 17.0 Å². The van der Waals surface area contributed by atoms with Gasteiger partial charge in [-0.05, 0) is 51.1 Å². The molecule has 0 aliphatic heterocycles. The third-order valence-corrected chi connectivity index (χ3v) is 4.64. The number of aryl methyl sites for hydroxylation is 1. The molecule has 3 aromatic rings. The fourth-order valence-corrected chi connectivity index (χ4v) is 3.21. The Morgan fingerprint density at radius 3 is 2.56 bits per heavy atom. The summed E-state index contributed by atoms with van der Waals surface area (Å²) < 4.78 is 6.93. The quantitative estimate of drug-likeness (QED) is 0.745. The lowest BCUT2D eigenvalue weighted by Crippen LogP contribution is -2.13. The molecule has 0 radical (unpaired) electrons. The smallest absolute Gasteiger partial charge is 0.277 e. The standard InChI is InChI=1S/C18H20N4O2S/c1-11(2)22-10-9-15(21-22)17(23)20-18-19-16(12(3)25-18)13-5-7-14(24-4)8-6-13/h5-11H,1-4H3,(H,19,20,23). The van der Waals surface area contributed by atoms with Crippen molar-refractivity contribution < 1.29 is 9.53 Å². The van der Waals surface area contributed by atoms with E-state index in [-0.39, 0.29) is 11.9 Å². The molecule has 0 bridgehead atoms. The normalized spacial score (nSPS) is 10.9. The minimum absolute atomic E-state index is 0.213. The number of nitrogens with zero attached hydrogens (tertiary/aromatic N) is 3. The predicted octanol–water partition coefficient (Wildman–Crippen LogP) is 4.16. The van der Waals surface area contributed by atoms with Crippen molar-refractivity contribution in [1.82, 2.24) is 14.8 Å². The van der Waals surface area contributed by atoms with Crippen LogP contribution in [-0.4, -0.2) is 27.8 Å². The highest BCUT2D eigenvalue weighted by molar-refractivity contribution is 7.16. The maximum atomic E-state index is 12.4. The molecule has 0 spiro atoms. The Balaban J connectivity index is 1.78. The second-order valence-electron chi connectivity index (χ2n) is 5.88. The van der Waals surface area contributed by atoms with E-state index in [2.05, 4.69) is 15.4 Å². The van der Waals surface area contributed by atoms with Crippen LogP contribution in [0.25, 0.3) is 11.3 Å². The van der Waals surface area contributed by atoms with Gasteiger partial charge in [-0.1, -0.05) is 0 Å². The molecule has 0 saturated carbocycles. The zero-order valence-electron chi connectivity index (χ0n) is 14.6. The summed E-state index contributed by atoms with van der Waals surface area (Å²) in [6.07, 6.45) is 1.80. The number of methoxy groups -OCH3 is 1. The largest absolute Gasteiger partial charge is 0.497 e. The van der Waals surface area contributed by atoms with Gasteiger partial charge in [0, 0.05) is 22.7 Å². The van der Waals surface area contributed by atoms with Crippen LogP contribution >= 0.6 is 11.3 Å². The topological polar surface area (TPSA) is 69.0 Å². The molecule has 25 heavy (non-hydrogen) atoms. The Labute approximate surface area is 150 Å². The molecule has 0 aliphatic carbocycles. The van der Waals surface area contributed by atoms with Gasteiger partial charge in [0.25, 0.3) is 5.91 Å². The van der Waals surface area contributed by atoms with Gasteiger partial charge in [-0.25, -0.2) is 4.98 Å². The van der Waals surface area contributed by atoms with Crippen molar-refractivity contribution in [2.24, 2.45) is 0 Å². The average Bonchev–Trinajstić information content (AvgIpc) is 3.22. The SMILES string of the molecule is COc1ccc(-c2nc(NC(=O)c3ccn(C(C)C)n3)sc2C)cc1. The first-order valence-electron chi connectivity index (χ1n) is 7.96. The van der Waals surface area contributed by atoms with Crippen LogP contribution in [0.2, 0.25) is 0 Å². The summed E-state index contributed by atoms with van der Waals surface area (Å²) in [7, 11) is 1.64. The number of amides is 1.